The van der Waals surface area contributed by atoms with Crippen LogP contribution in [-0.4, -0.2) is 54.2 Å². The fraction of sp³-hybridized carbons (Fsp3) is 0.480. The molecule has 2 amide bonds. The third kappa shape index (κ3) is 5.63. The predicted molar refractivity (Wildman–Crippen MR) is 119 cm³/mol. The number of amides is 2. The number of nitrogens with zero attached hydrogens (tertiary/aromatic N) is 2. The molecule has 2 fully saturated rings. The number of carbonyl (C=O) groups excluding carboxylic acids is 1. The summed E-state index contributed by atoms with van der Waals surface area (Å²) >= 11 is 0. The average molecular weight is 426 g/mol. The maximum absolute atomic E-state index is 13.3. The number of halogens is 1. The van der Waals surface area contributed by atoms with E-state index in [4.69, 9.17) is 4.74 Å². The first kappa shape index (κ1) is 21.8. The Morgan fingerprint density at radius 1 is 1.13 bits per heavy atom. The van der Waals surface area contributed by atoms with Crippen LogP contribution in [0.2, 0.25) is 0 Å². The highest BCUT2D eigenvalue weighted by atomic mass is 19.1. The zero-order valence-corrected chi connectivity index (χ0v) is 18.2. The Bertz CT molecular complexity index is 840. The smallest absolute Gasteiger partial charge is 0.318 e. The lowest BCUT2D eigenvalue weighted by Gasteiger charge is -2.35. The average Bonchev–Trinajstić information content (AvgIpc) is 3.27. The number of hydrogen-bond acceptors (Lipinski definition) is 3. The normalized spacial score (nSPS) is 21.0. The number of ether oxygens (including phenoxy) is 1. The quantitative estimate of drug-likeness (QED) is 0.748. The summed E-state index contributed by atoms with van der Waals surface area (Å²) in [5.41, 5.74) is 2.24. The molecular formula is C25H32FN3O2. The molecule has 0 spiro atoms. The molecule has 2 heterocycles. The van der Waals surface area contributed by atoms with Gasteiger partial charge in [0.1, 0.15) is 5.82 Å². The molecule has 0 radical (unpaired) electrons. The van der Waals surface area contributed by atoms with E-state index in [0.29, 0.717) is 25.8 Å². The fourth-order valence-corrected chi connectivity index (χ4v) is 4.61. The van der Waals surface area contributed by atoms with Gasteiger partial charge in [-0.2, -0.15) is 0 Å². The number of urea groups is 1. The molecule has 2 aromatic rings. The van der Waals surface area contributed by atoms with Crippen LogP contribution in [0.3, 0.4) is 0 Å². The van der Waals surface area contributed by atoms with E-state index in [1.54, 1.807) is 12.1 Å². The SMILES string of the molecule is CC(c1ccccc1)N1CCC(NC(=O)N(Cc2ccc(F)cc2)C2CCOCC2)C1. The molecule has 6 heteroatoms. The summed E-state index contributed by atoms with van der Waals surface area (Å²) in [5.74, 6) is -0.260. The van der Waals surface area contributed by atoms with Crippen molar-refractivity contribution in [2.45, 2.75) is 50.9 Å². The van der Waals surface area contributed by atoms with Crippen LogP contribution in [0.1, 0.15) is 43.4 Å². The van der Waals surface area contributed by atoms with E-state index in [0.717, 1.165) is 37.9 Å². The molecule has 0 bridgehead atoms. The van der Waals surface area contributed by atoms with Crippen molar-refractivity contribution in [2.24, 2.45) is 0 Å². The summed E-state index contributed by atoms with van der Waals surface area (Å²) in [6, 6.07) is 17.5. The van der Waals surface area contributed by atoms with Crippen LogP contribution < -0.4 is 5.32 Å². The first-order chi connectivity index (χ1) is 15.1. The molecule has 4 rings (SSSR count). The molecule has 2 aromatic carbocycles. The Kier molecular flexibility index (Phi) is 7.20. The molecule has 2 atom stereocenters. The van der Waals surface area contributed by atoms with E-state index in [-0.39, 0.29) is 23.9 Å². The summed E-state index contributed by atoms with van der Waals surface area (Å²) in [5, 5.41) is 3.27. The Morgan fingerprint density at radius 3 is 2.55 bits per heavy atom. The molecule has 0 aliphatic carbocycles. The standard InChI is InChI=1S/C25H32FN3O2/c1-19(21-5-3-2-4-6-21)28-14-11-23(18-28)27-25(30)29(24-12-15-31-16-13-24)17-20-7-9-22(26)10-8-20/h2-10,19,23-24H,11-18H2,1H3,(H,27,30). The van der Waals surface area contributed by atoms with Crippen molar-refractivity contribution in [3.8, 4) is 0 Å². The molecule has 2 aliphatic heterocycles. The van der Waals surface area contributed by atoms with Gasteiger partial charge in [-0.15, -0.1) is 0 Å². The van der Waals surface area contributed by atoms with Gasteiger partial charge in [0.2, 0.25) is 0 Å². The van der Waals surface area contributed by atoms with Crippen LogP contribution in [0.25, 0.3) is 0 Å². The van der Waals surface area contributed by atoms with Crippen molar-refractivity contribution >= 4 is 6.03 Å². The maximum atomic E-state index is 13.3. The number of likely N-dealkylation sites (tertiary alicyclic amines) is 1. The second-order valence-corrected chi connectivity index (χ2v) is 8.61. The van der Waals surface area contributed by atoms with E-state index in [9.17, 15) is 9.18 Å². The minimum absolute atomic E-state index is 0.0320. The molecule has 2 aliphatic rings. The highest BCUT2D eigenvalue weighted by Crippen LogP contribution is 2.25. The van der Waals surface area contributed by atoms with Crippen LogP contribution in [-0.2, 0) is 11.3 Å². The lowest BCUT2D eigenvalue weighted by Crippen LogP contribution is -2.51. The van der Waals surface area contributed by atoms with Crippen molar-refractivity contribution < 1.29 is 13.9 Å². The van der Waals surface area contributed by atoms with E-state index in [1.807, 2.05) is 11.0 Å². The van der Waals surface area contributed by atoms with Crippen LogP contribution in [0.5, 0.6) is 0 Å². The van der Waals surface area contributed by atoms with Crippen molar-refractivity contribution in [1.82, 2.24) is 15.1 Å². The van der Waals surface area contributed by atoms with Gasteiger partial charge >= 0.3 is 6.03 Å². The van der Waals surface area contributed by atoms with Gasteiger partial charge in [0, 0.05) is 51.0 Å². The number of nitrogens with one attached hydrogen (secondary N) is 1. The highest BCUT2D eigenvalue weighted by molar-refractivity contribution is 5.75. The molecule has 166 valence electrons. The largest absolute Gasteiger partial charge is 0.381 e. The zero-order chi connectivity index (χ0) is 21.6. The van der Waals surface area contributed by atoms with Gasteiger partial charge in [0.05, 0.1) is 0 Å². The molecular weight excluding hydrogens is 393 g/mol. The Hall–Kier alpha value is -2.44. The molecule has 2 unspecified atom stereocenters. The molecule has 5 nitrogen and oxygen atoms in total. The number of carbonyl (C=O) groups is 1. The third-order valence-electron chi connectivity index (χ3n) is 6.54. The predicted octanol–water partition coefficient (Wildman–Crippen LogP) is 4.35. The molecule has 0 aromatic heterocycles. The Labute approximate surface area is 184 Å². The van der Waals surface area contributed by atoms with Gasteiger partial charge in [-0.05, 0) is 49.4 Å². The second-order valence-electron chi connectivity index (χ2n) is 8.61. The second kappa shape index (κ2) is 10.2. The molecule has 2 saturated heterocycles. The number of benzene rings is 2. The van der Waals surface area contributed by atoms with Gasteiger partial charge in [-0.25, -0.2) is 9.18 Å². The molecule has 0 saturated carbocycles. The van der Waals surface area contributed by atoms with Crippen molar-refractivity contribution in [1.29, 1.82) is 0 Å². The first-order valence-corrected chi connectivity index (χ1v) is 11.3. The van der Waals surface area contributed by atoms with Gasteiger partial charge in [-0.1, -0.05) is 42.5 Å². The van der Waals surface area contributed by atoms with Gasteiger partial charge in [0.15, 0.2) is 0 Å². The minimum Gasteiger partial charge on any atom is -0.381 e. The molecule has 31 heavy (non-hydrogen) atoms. The topological polar surface area (TPSA) is 44.8 Å². The lowest BCUT2D eigenvalue weighted by atomic mass is 10.1. The summed E-state index contributed by atoms with van der Waals surface area (Å²) in [6.07, 6.45) is 2.61. The fourth-order valence-electron chi connectivity index (χ4n) is 4.61. The van der Waals surface area contributed by atoms with Crippen molar-refractivity contribution in [3.63, 3.8) is 0 Å². The number of rotatable bonds is 6. The summed E-state index contributed by atoms with van der Waals surface area (Å²) < 4.78 is 18.8. The Balaban J connectivity index is 1.39. The van der Waals surface area contributed by atoms with Crippen LogP contribution in [0.15, 0.2) is 54.6 Å². The van der Waals surface area contributed by atoms with Gasteiger partial charge in [-0.3, -0.25) is 4.90 Å². The number of hydrogen-bond donors (Lipinski definition) is 1. The van der Waals surface area contributed by atoms with E-state index >= 15 is 0 Å². The summed E-state index contributed by atoms with van der Waals surface area (Å²) in [6.45, 7) is 5.86. The van der Waals surface area contributed by atoms with E-state index < -0.39 is 0 Å². The zero-order valence-electron chi connectivity index (χ0n) is 18.2. The summed E-state index contributed by atoms with van der Waals surface area (Å²) in [4.78, 5) is 17.6. The lowest BCUT2D eigenvalue weighted by molar-refractivity contribution is 0.0432. The van der Waals surface area contributed by atoms with E-state index in [2.05, 4.69) is 41.4 Å². The van der Waals surface area contributed by atoms with Gasteiger partial charge in [0.25, 0.3) is 0 Å². The first-order valence-electron chi connectivity index (χ1n) is 11.3. The van der Waals surface area contributed by atoms with Gasteiger partial charge < -0.3 is 15.0 Å². The van der Waals surface area contributed by atoms with Crippen LogP contribution in [0.4, 0.5) is 9.18 Å². The Morgan fingerprint density at radius 2 is 1.84 bits per heavy atom. The van der Waals surface area contributed by atoms with Crippen molar-refractivity contribution in [3.05, 3.63) is 71.5 Å². The monoisotopic (exact) mass is 425 g/mol. The maximum Gasteiger partial charge on any atom is 0.318 e. The van der Waals surface area contributed by atoms with Crippen LogP contribution in [0, 0.1) is 5.82 Å². The minimum atomic E-state index is -0.260. The van der Waals surface area contributed by atoms with E-state index in [1.165, 1.54) is 17.7 Å². The van der Waals surface area contributed by atoms with Crippen molar-refractivity contribution in [2.75, 3.05) is 26.3 Å². The third-order valence-corrected chi connectivity index (χ3v) is 6.54. The molecule has 1 N–H and O–H groups in total. The highest BCUT2D eigenvalue weighted by Gasteiger charge is 2.31. The van der Waals surface area contributed by atoms with Crippen LogP contribution >= 0.6 is 0 Å². The summed E-state index contributed by atoms with van der Waals surface area (Å²) in [7, 11) is 0.